The van der Waals surface area contributed by atoms with Crippen molar-refractivity contribution in [1.29, 1.82) is 5.26 Å². The molecule has 0 saturated heterocycles. The van der Waals surface area contributed by atoms with Crippen LogP contribution in [0.5, 0.6) is 5.75 Å². The highest BCUT2D eigenvalue weighted by Crippen LogP contribution is 2.44. The van der Waals surface area contributed by atoms with E-state index in [2.05, 4.69) is 11.1 Å². The van der Waals surface area contributed by atoms with E-state index in [0.717, 1.165) is 0 Å². The van der Waals surface area contributed by atoms with Crippen molar-refractivity contribution >= 4 is 17.1 Å². The van der Waals surface area contributed by atoms with E-state index in [0.29, 0.717) is 44.7 Å². The summed E-state index contributed by atoms with van der Waals surface area (Å²) < 4.78 is 27.0. The Morgan fingerprint density at radius 2 is 1.85 bits per heavy atom. The number of halogens is 1. The summed E-state index contributed by atoms with van der Waals surface area (Å²) in [5.74, 6) is -0.140. The van der Waals surface area contributed by atoms with Crippen LogP contribution < -0.4 is 4.74 Å². The summed E-state index contributed by atoms with van der Waals surface area (Å²) in [7, 11) is 1.47. The molecule has 0 radical (unpaired) electrons. The maximum absolute atomic E-state index is 14.5. The average molecular weight is 443 g/mol. The molecular formula is C26H22FN3O3. The molecule has 2 aromatic carbocycles. The fraction of sp³-hybridized carbons (Fsp3) is 0.192. The Hall–Kier alpha value is -4.18. The summed E-state index contributed by atoms with van der Waals surface area (Å²) in [6, 6.07) is 16.9. The van der Waals surface area contributed by atoms with Crippen LogP contribution >= 0.6 is 0 Å². The lowest BCUT2D eigenvalue weighted by Gasteiger charge is -2.21. The monoisotopic (exact) mass is 443 g/mol. The summed E-state index contributed by atoms with van der Waals surface area (Å²) in [4.78, 5) is 17.9. The van der Waals surface area contributed by atoms with Gasteiger partial charge in [-0.3, -0.25) is 0 Å². The molecule has 0 aliphatic heterocycles. The molecule has 0 aliphatic carbocycles. The standard InChI is InChI=1S/C26H22FN3O3/c1-26(2,3)33-25(31)30-23(20-14-17(27)11-12-21(20)32-4)22(19-10-7-13-29-24(19)30)18-9-6-5-8-16(18)15-28/h5-14H,1-4H3. The van der Waals surface area contributed by atoms with Crippen molar-refractivity contribution in [1.82, 2.24) is 9.55 Å². The fourth-order valence-corrected chi connectivity index (χ4v) is 3.79. The largest absolute Gasteiger partial charge is 0.496 e. The number of carbonyl (C=O) groups is 1. The summed E-state index contributed by atoms with van der Waals surface area (Å²) in [6.07, 6.45) is 0.892. The van der Waals surface area contributed by atoms with Gasteiger partial charge < -0.3 is 9.47 Å². The lowest BCUT2D eigenvalue weighted by molar-refractivity contribution is 0.0546. The summed E-state index contributed by atoms with van der Waals surface area (Å²) in [5.41, 5.74) is 1.76. The van der Waals surface area contributed by atoms with Gasteiger partial charge >= 0.3 is 6.09 Å². The molecule has 0 amide bonds. The van der Waals surface area contributed by atoms with Gasteiger partial charge in [0.05, 0.1) is 24.4 Å². The van der Waals surface area contributed by atoms with Gasteiger partial charge in [-0.15, -0.1) is 0 Å². The molecule has 2 aromatic heterocycles. The third-order valence-corrected chi connectivity index (χ3v) is 5.04. The van der Waals surface area contributed by atoms with Crippen LogP contribution in [0.2, 0.25) is 0 Å². The van der Waals surface area contributed by atoms with E-state index in [-0.39, 0.29) is 0 Å². The van der Waals surface area contributed by atoms with Crippen LogP contribution in [-0.2, 0) is 4.74 Å². The van der Waals surface area contributed by atoms with Gasteiger partial charge in [0.2, 0.25) is 0 Å². The Balaban J connectivity index is 2.21. The van der Waals surface area contributed by atoms with Gasteiger partial charge in [-0.05, 0) is 57.2 Å². The Morgan fingerprint density at radius 1 is 1.09 bits per heavy atom. The zero-order valence-corrected chi connectivity index (χ0v) is 18.7. The van der Waals surface area contributed by atoms with E-state index in [4.69, 9.17) is 9.47 Å². The number of hydrogen-bond acceptors (Lipinski definition) is 5. The van der Waals surface area contributed by atoms with Gasteiger partial charge in [-0.2, -0.15) is 5.26 Å². The summed E-state index contributed by atoms with van der Waals surface area (Å²) in [5, 5.41) is 10.4. The van der Waals surface area contributed by atoms with Crippen molar-refractivity contribution in [2.45, 2.75) is 26.4 Å². The van der Waals surface area contributed by atoms with Crippen LogP contribution in [0, 0.1) is 17.1 Å². The number of carbonyl (C=O) groups excluding carboxylic acids is 1. The zero-order valence-electron chi connectivity index (χ0n) is 18.7. The van der Waals surface area contributed by atoms with Crippen molar-refractivity contribution < 1.29 is 18.7 Å². The number of nitrogens with zero attached hydrogens (tertiary/aromatic N) is 3. The molecule has 166 valence electrons. The molecule has 6 nitrogen and oxygen atoms in total. The van der Waals surface area contributed by atoms with Crippen LogP contribution in [0.4, 0.5) is 9.18 Å². The van der Waals surface area contributed by atoms with Crippen LogP contribution in [0.1, 0.15) is 26.3 Å². The molecule has 0 aliphatic rings. The highest BCUT2D eigenvalue weighted by Gasteiger charge is 2.30. The van der Waals surface area contributed by atoms with Crippen molar-refractivity contribution in [3.63, 3.8) is 0 Å². The Kier molecular flexibility index (Phi) is 5.60. The van der Waals surface area contributed by atoms with Gasteiger partial charge in [-0.1, -0.05) is 18.2 Å². The number of fused-ring (bicyclic) bond motifs is 1. The molecule has 0 spiro atoms. The van der Waals surface area contributed by atoms with E-state index in [1.807, 2.05) is 6.07 Å². The van der Waals surface area contributed by atoms with E-state index >= 15 is 0 Å². The minimum absolute atomic E-state index is 0.329. The Labute approximate surface area is 190 Å². The zero-order chi connectivity index (χ0) is 23.8. The fourth-order valence-electron chi connectivity index (χ4n) is 3.79. The molecule has 4 aromatic rings. The number of ether oxygens (including phenoxy) is 2. The first-order valence-corrected chi connectivity index (χ1v) is 10.3. The van der Waals surface area contributed by atoms with Gasteiger partial charge in [0.25, 0.3) is 0 Å². The second-order valence-electron chi connectivity index (χ2n) is 8.42. The van der Waals surface area contributed by atoms with E-state index in [1.165, 1.54) is 29.9 Å². The number of nitriles is 1. The Morgan fingerprint density at radius 3 is 2.55 bits per heavy atom. The number of hydrogen-bond donors (Lipinski definition) is 0. The van der Waals surface area contributed by atoms with E-state index in [9.17, 15) is 14.4 Å². The van der Waals surface area contributed by atoms with Crippen LogP contribution in [0.3, 0.4) is 0 Å². The quantitative estimate of drug-likeness (QED) is 0.378. The van der Waals surface area contributed by atoms with Gasteiger partial charge in [0.1, 0.15) is 17.2 Å². The third-order valence-electron chi connectivity index (χ3n) is 5.04. The van der Waals surface area contributed by atoms with Crippen LogP contribution in [0.15, 0.2) is 60.8 Å². The predicted molar refractivity (Wildman–Crippen MR) is 123 cm³/mol. The number of pyridine rings is 1. The SMILES string of the molecule is COc1ccc(F)cc1-c1c(-c2ccccc2C#N)c2cccnc2n1C(=O)OC(C)(C)C. The molecule has 4 rings (SSSR count). The first-order valence-electron chi connectivity index (χ1n) is 10.3. The number of methoxy groups -OCH3 is 1. The van der Waals surface area contributed by atoms with E-state index < -0.39 is 17.5 Å². The van der Waals surface area contributed by atoms with Crippen molar-refractivity contribution in [3.05, 3.63) is 72.2 Å². The second kappa shape index (κ2) is 8.40. The maximum Gasteiger partial charge on any atom is 0.420 e. The molecule has 2 heterocycles. The van der Waals surface area contributed by atoms with Crippen LogP contribution in [-0.4, -0.2) is 28.4 Å². The van der Waals surface area contributed by atoms with Crippen molar-refractivity contribution in [2.75, 3.05) is 7.11 Å². The smallest absolute Gasteiger partial charge is 0.420 e. The lowest BCUT2D eigenvalue weighted by Crippen LogP contribution is -2.27. The molecule has 0 bridgehead atoms. The molecule has 0 fully saturated rings. The minimum atomic E-state index is -0.781. The lowest BCUT2D eigenvalue weighted by atomic mass is 9.95. The molecular weight excluding hydrogens is 421 g/mol. The first kappa shape index (κ1) is 22.0. The first-order chi connectivity index (χ1) is 15.7. The molecule has 0 unspecified atom stereocenters. The highest BCUT2D eigenvalue weighted by atomic mass is 19.1. The molecule has 0 atom stereocenters. The molecule has 33 heavy (non-hydrogen) atoms. The van der Waals surface area contributed by atoms with Gasteiger partial charge in [0, 0.05) is 28.3 Å². The number of benzene rings is 2. The average Bonchev–Trinajstić information content (AvgIpc) is 3.13. The van der Waals surface area contributed by atoms with Gasteiger partial charge in [-0.25, -0.2) is 18.7 Å². The Bertz CT molecular complexity index is 1410. The predicted octanol–water partition coefficient (Wildman–Crippen LogP) is 6.17. The topological polar surface area (TPSA) is 77.1 Å². The number of aromatic nitrogens is 2. The van der Waals surface area contributed by atoms with Crippen LogP contribution in [0.25, 0.3) is 33.4 Å². The van der Waals surface area contributed by atoms with Crippen molar-refractivity contribution in [2.24, 2.45) is 0 Å². The molecule has 0 N–H and O–H groups in total. The van der Waals surface area contributed by atoms with E-state index in [1.54, 1.807) is 57.3 Å². The summed E-state index contributed by atoms with van der Waals surface area (Å²) in [6.45, 7) is 5.29. The molecule has 7 heteroatoms. The molecule has 0 saturated carbocycles. The minimum Gasteiger partial charge on any atom is -0.496 e. The van der Waals surface area contributed by atoms with Gasteiger partial charge in [0.15, 0.2) is 5.65 Å². The third kappa shape index (κ3) is 4.03. The van der Waals surface area contributed by atoms with Crippen molar-refractivity contribution in [3.8, 4) is 34.2 Å². The summed E-state index contributed by atoms with van der Waals surface area (Å²) >= 11 is 0. The highest BCUT2D eigenvalue weighted by molar-refractivity contribution is 6.09. The maximum atomic E-state index is 14.5. The number of rotatable bonds is 3. The second-order valence-corrected chi connectivity index (χ2v) is 8.42. The normalized spacial score (nSPS) is 11.3.